The van der Waals surface area contributed by atoms with E-state index in [1.54, 1.807) is 35.0 Å². The monoisotopic (exact) mass is 813 g/mol. The normalized spacial score (nSPS) is 19.8. The average molecular weight is 814 g/mol. The average Bonchev–Trinajstić information content (AvgIpc) is 3.87. The van der Waals surface area contributed by atoms with Crippen molar-refractivity contribution in [1.29, 1.82) is 0 Å². The van der Waals surface area contributed by atoms with Crippen LogP contribution in [-0.4, -0.2) is 98.6 Å². The molecule has 0 radical (unpaired) electrons. The summed E-state index contributed by atoms with van der Waals surface area (Å²) >= 11 is 1.57. The van der Waals surface area contributed by atoms with Gasteiger partial charge in [0.1, 0.15) is 18.1 Å². The van der Waals surface area contributed by atoms with Crippen LogP contribution in [0.5, 0.6) is 0 Å². The number of piperidine rings is 1. The van der Waals surface area contributed by atoms with Crippen LogP contribution in [-0.2, 0) is 30.5 Å². The SMILES string of the molecule is Cc1ncsc1-c1ccc(CNC(=O)[C@@H]2C[C@@H](O)CN2C(=O)[C@@H](NC(=O)CCCCCCNc2cccc3c2C(=O)N(C2CCC(=O)NC2=O)C3=O)C(C)(C)C)cc1. The van der Waals surface area contributed by atoms with E-state index in [9.17, 15) is 38.7 Å². The maximum atomic E-state index is 14.0. The summed E-state index contributed by atoms with van der Waals surface area (Å²) in [5.41, 5.74) is 4.92. The molecule has 0 saturated carbocycles. The van der Waals surface area contributed by atoms with Crippen LogP contribution >= 0.6 is 11.3 Å². The predicted molar refractivity (Wildman–Crippen MR) is 216 cm³/mol. The number of nitrogens with zero attached hydrogens (tertiary/aromatic N) is 3. The van der Waals surface area contributed by atoms with Crippen molar-refractivity contribution >= 4 is 58.4 Å². The highest BCUT2D eigenvalue weighted by Gasteiger charge is 2.46. The molecular weight excluding hydrogens is 763 g/mol. The number of imide groups is 2. The van der Waals surface area contributed by atoms with Gasteiger partial charge in [-0.1, -0.05) is 63.9 Å². The number of carbonyl (C=O) groups excluding carboxylic acids is 7. The van der Waals surface area contributed by atoms with E-state index in [2.05, 4.69) is 26.3 Å². The van der Waals surface area contributed by atoms with Gasteiger partial charge in [-0.2, -0.15) is 0 Å². The second kappa shape index (κ2) is 18.0. The molecule has 0 spiro atoms. The number of aryl methyl sites for hydroxylation is 1. The number of likely N-dealkylation sites (tertiary alicyclic amines) is 1. The van der Waals surface area contributed by atoms with Crippen molar-refractivity contribution in [2.24, 2.45) is 5.41 Å². The molecule has 16 heteroatoms. The molecule has 2 fully saturated rings. The van der Waals surface area contributed by atoms with E-state index in [1.807, 2.05) is 52.0 Å². The quantitative estimate of drug-likeness (QED) is 0.111. The van der Waals surface area contributed by atoms with Gasteiger partial charge in [-0.15, -0.1) is 11.3 Å². The highest BCUT2D eigenvalue weighted by Crippen LogP contribution is 2.33. The summed E-state index contributed by atoms with van der Waals surface area (Å²) in [4.78, 5) is 98.7. The highest BCUT2D eigenvalue weighted by atomic mass is 32.1. The van der Waals surface area contributed by atoms with Gasteiger partial charge in [-0.05, 0) is 54.9 Å². The molecule has 2 saturated heterocycles. The van der Waals surface area contributed by atoms with Gasteiger partial charge in [0.15, 0.2) is 0 Å². The Hall–Kier alpha value is -5.48. The number of aliphatic hydroxyl groups excluding tert-OH is 1. The van der Waals surface area contributed by atoms with Crippen LogP contribution in [0.15, 0.2) is 48.0 Å². The number of amides is 7. The number of benzene rings is 2. The van der Waals surface area contributed by atoms with E-state index in [-0.39, 0.29) is 61.7 Å². The fourth-order valence-electron chi connectivity index (χ4n) is 7.66. The topological polar surface area (TPSA) is 207 Å². The molecule has 3 aliphatic rings. The molecule has 0 bridgehead atoms. The second-order valence-corrected chi connectivity index (χ2v) is 17.1. The van der Waals surface area contributed by atoms with Gasteiger partial charge in [0.25, 0.3) is 11.8 Å². The van der Waals surface area contributed by atoms with E-state index in [1.165, 1.54) is 4.90 Å². The van der Waals surface area contributed by atoms with Gasteiger partial charge in [0.2, 0.25) is 29.5 Å². The number of carbonyl (C=O) groups is 7. The molecule has 0 aliphatic carbocycles. The predicted octanol–water partition coefficient (Wildman–Crippen LogP) is 3.69. The zero-order valence-electron chi connectivity index (χ0n) is 33.3. The van der Waals surface area contributed by atoms with Gasteiger partial charge in [0.05, 0.1) is 33.3 Å². The lowest BCUT2D eigenvalue weighted by Gasteiger charge is -2.35. The van der Waals surface area contributed by atoms with Crippen molar-refractivity contribution in [2.75, 3.05) is 18.4 Å². The van der Waals surface area contributed by atoms with Crippen molar-refractivity contribution < 1.29 is 38.7 Å². The Labute approximate surface area is 341 Å². The van der Waals surface area contributed by atoms with Gasteiger partial charge in [-0.3, -0.25) is 43.8 Å². The van der Waals surface area contributed by atoms with E-state index >= 15 is 0 Å². The maximum Gasteiger partial charge on any atom is 0.264 e. The Balaban J connectivity index is 0.947. The molecule has 4 heterocycles. The fraction of sp³-hybridized carbons (Fsp3) is 0.476. The summed E-state index contributed by atoms with van der Waals surface area (Å²) in [6.07, 6.45) is 2.33. The van der Waals surface area contributed by atoms with Crippen LogP contribution in [0.1, 0.15) is 104 Å². The molecule has 1 unspecified atom stereocenters. The third-order valence-electron chi connectivity index (χ3n) is 10.8. The smallest absolute Gasteiger partial charge is 0.264 e. The van der Waals surface area contributed by atoms with E-state index in [0.717, 1.165) is 39.4 Å². The highest BCUT2D eigenvalue weighted by molar-refractivity contribution is 7.13. The molecule has 6 rings (SSSR count). The molecule has 3 aliphatic heterocycles. The zero-order valence-corrected chi connectivity index (χ0v) is 34.1. The number of rotatable bonds is 15. The number of anilines is 1. The van der Waals surface area contributed by atoms with Crippen molar-refractivity contribution in [1.82, 2.24) is 30.7 Å². The van der Waals surface area contributed by atoms with Crippen LogP contribution in [0.3, 0.4) is 0 Å². The molecule has 7 amide bonds. The lowest BCUT2D eigenvalue weighted by atomic mass is 9.85. The molecule has 3 aromatic rings. The van der Waals surface area contributed by atoms with Gasteiger partial charge < -0.3 is 26.0 Å². The van der Waals surface area contributed by atoms with E-state index < -0.39 is 59.2 Å². The Kier molecular flexibility index (Phi) is 13.1. The Bertz CT molecular complexity index is 2080. The number of β-amino-alcohol motifs (C(OH)–C–C–N with tert-alkyl or cyclic N) is 1. The second-order valence-electron chi connectivity index (χ2n) is 16.2. The van der Waals surface area contributed by atoms with Crippen molar-refractivity contribution in [3.05, 3.63) is 70.4 Å². The number of aromatic nitrogens is 1. The molecule has 58 heavy (non-hydrogen) atoms. The number of hydrogen-bond acceptors (Lipinski definition) is 11. The standard InChI is InChI=1S/C42H51N7O8S/c1-24-35(58-23-45-24)26-15-13-25(14-16-26)21-44-37(53)31-20-27(50)22-48(31)41(57)36(42(2,3)4)46-32(51)12-7-5-6-8-19-43-29-11-9-10-28-34(29)40(56)49(39(28)55)30-17-18-33(52)47-38(30)54/h9-11,13-16,23,27,30-31,36,43,50H,5-8,12,17-22H2,1-4H3,(H,44,53)(H,46,51)(H,47,52,54)/t27-,30?,31+,36-/m1/s1. The maximum absolute atomic E-state index is 14.0. The van der Waals surface area contributed by atoms with Crippen LogP contribution < -0.4 is 21.3 Å². The van der Waals surface area contributed by atoms with Crippen LogP contribution in [0.4, 0.5) is 5.69 Å². The Morgan fingerprint density at radius 3 is 2.43 bits per heavy atom. The first-order chi connectivity index (χ1) is 27.6. The summed E-state index contributed by atoms with van der Waals surface area (Å²) in [5, 5.41) is 21.8. The Morgan fingerprint density at radius 2 is 1.74 bits per heavy atom. The summed E-state index contributed by atoms with van der Waals surface area (Å²) in [6.45, 7) is 8.25. The molecular formula is C42H51N7O8S. The largest absolute Gasteiger partial charge is 0.391 e. The summed E-state index contributed by atoms with van der Waals surface area (Å²) in [6, 6.07) is 9.94. The minimum absolute atomic E-state index is 0.00927. The molecule has 2 aromatic carbocycles. The summed E-state index contributed by atoms with van der Waals surface area (Å²) in [5.74, 6) is -3.30. The third-order valence-corrected chi connectivity index (χ3v) is 11.8. The molecule has 1 aromatic heterocycles. The lowest BCUT2D eigenvalue weighted by Crippen LogP contribution is -2.57. The number of nitrogens with one attached hydrogen (secondary N) is 4. The lowest BCUT2D eigenvalue weighted by molar-refractivity contribution is -0.144. The van der Waals surface area contributed by atoms with Gasteiger partial charge in [0, 0.05) is 44.6 Å². The van der Waals surface area contributed by atoms with Gasteiger partial charge >= 0.3 is 0 Å². The van der Waals surface area contributed by atoms with Crippen molar-refractivity contribution in [3.8, 4) is 10.4 Å². The molecule has 15 nitrogen and oxygen atoms in total. The zero-order chi connectivity index (χ0) is 41.7. The Morgan fingerprint density at radius 1 is 1.00 bits per heavy atom. The van der Waals surface area contributed by atoms with E-state index in [4.69, 9.17) is 0 Å². The van der Waals surface area contributed by atoms with Crippen LogP contribution in [0.2, 0.25) is 0 Å². The van der Waals surface area contributed by atoms with Crippen molar-refractivity contribution in [2.45, 2.75) is 110 Å². The first kappa shape index (κ1) is 42.1. The van der Waals surface area contributed by atoms with E-state index in [0.29, 0.717) is 25.1 Å². The first-order valence-electron chi connectivity index (χ1n) is 19.8. The number of fused-ring (bicyclic) bond motifs is 1. The molecule has 5 N–H and O–H groups in total. The molecule has 308 valence electrons. The van der Waals surface area contributed by atoms with Crippen molar-refractivity contribution in [3.63, 3.8) is 0 Å². The summed E-state index contributed by atoms with van der Waals surface area (Å²) in [7, 11) is 0. The fourth-order valence-corrected chi connectivity index (χ4v) is 8.47. The summed E-state index contributed by atoms with van der Waals surface area (Å²) < 4.78 is 0. The number of hydrogen-bond donors (Lipinski definition) is 5. The van der Waals surface area contributed by atoms with Gasteiger partial charge in [-0.25, -0.2) is 4.98 Å². The third kappa shape index (κ3) is 9.45. The minimum atomic E-state index is -1.04. The molecule has 4 atom stereocenters. The number of unbranched alkanes of at least 4 members (excludes halogenated alkanes) is 3. The van der Waals surface area contributed by atoms with Crippen LogP contribution in [0, 0.1) is 12.3 Å². The number of thiazole rings is 1. The minimum Gasteiger partial charge on any atom is -0.391 e. The van der Waals surface area contributed by atoms with Crippen LogP contribution in [0.25, 0.3) is 10.4 Å². The number of aliphatic hydroxyl groups is 1. The first-order valence-corrected chi connectivity index (χ1v) is 20.7.